The van der Waals surface area contributed by atoms with Crippen molar-refractivity contribution in [2.75, 3.05) is 20.3 Å². The summed E-state index contributed by atoms with van der Waals surface area (Å²) >= 11 is 5.80. The Morgan fingerprint density at radius 2 is 1.85 bits per heavy atom. The number of likely N-dealkylation sites (N-methyl/N-ethyl adjacent to an activating group) is 1. The number of esters is 1. The van der Waals surface area contributed by atoms with E-state index in [1.165, 1.54) is 11.0 Å². The first-order valence-corrected chi connectivity index (χ1v) is 8.36. The molecular weight excluding hydrogens is 361 g/mol. The SMILES string of the molecule is CCOc1ccc(CN(C)C(=O)COC(=O)c2ccc(F)cc2Cl)cc1. The van der Waals surface area contributed by atoms with Crippen LogP contribution in [0.2, 0.25) is 5.02 Å². The molecule has 0 spiro atoms. The molecule has 2 aromatic rings. The number of hydrogen-bond donors (Lipinski definition) is 0. The molecule has 0 fully saturated rings. The number of carbonyl (C=O) groups excluding carboxylic acids is 2. The zero-order valence-electron chi connectivity index (χ0n) is 14.5. The van der Waals surface area contributed by atoms with Crippen LogP contribution in [0.4, 0.5) is 4.39 Å². The van der Waals surface area contributed by atoms with E-state index in [0.717, 1.165) is 23.4 Å². The summed E-state index contributed by atoms with van der Waals surface area (Å²) in [7, 11) is 1.61. The van der Waals surface area contributed by atoms with Crippen LogP contribution in [0, 0.1) is 5.82 Å². The average molecular weight is 380 g/mol. The Balaban J connectivity index is 1.87. The minimum atomic E-state index is -0.780. The predicted molar refractivity (Wildman–Crippen MR) is 95.8 cm³/mol. The highest BCUT2D eigenvalue weighted by Gasteiger charge is 2.16. The zero-order valence-corrected chi connectivity index (χ0v) is 15.3. The Morgan fingerprint density at radius 1 is 1.15 bits per heavy atom. The first-order valence-electron chi connectivity index (χ1n) is 7.98. The maximum Gasteiger partial charge on any atom is 0.340 e. The third kappa shape index (κ3) is 5.46. The Bertz CT molecular complexity index is 780. The lowest BCUT2D eigenvalue weighted by Crippen LogP contribution is -2.30. The first kappa shape index (κ1) is 19.7. The normalized spacial score (nSPS) is 10.3. The standard InChI is InChI=1S/C19H19ClFNO4/c1-3-25-15-7-4-13(5-8-15)11-22(2)18(23)12-26-19(24)16-9-6-14(21)10-17(16)20/h4-10H,3,11-12H2,1-2H3. The molecule has 0 aliphatic carbocycles. The summed E-state index contributed by atoms with van der Waals surface area (Å²) in [4.78, 5) is 25.5. The van der Waals surface area contributed by atoms with Crippen LogP contribution in [-0.2, 0) is 16.1 Å². The van der Waals surface area contributed by atoms with E-state index in [2.05, 4.69) is 0 Å². The van der Waals surface area contributed by atoms with Gasteiger partial charge in [0.25, 0.3) is 5.91 Å². The molecule has 2 aromatic carbocycles. The molecule has 0 saturated carbocycles. The predicted octanol–water partition coefficient (Wildman–Crippen LogP) is 3.69. The Hall–Kier alpha value is -2.60. The Morgan fingerprint density at radius 3 is 2.46 bits per heavy atom. The fraction of sp³-hybridized carbons (Fsp3) is 0.263. The number of nitrogens with zero attached hydrogens (tertiary/aromatic N) is 1. The minimum absolute atomic E-state index is 0.00929. The third-order valence-electron chi connectivity index (χ3n) is 3.56. The van der Waals surface area contributed by atoms with E-state index in [9.17, 15) is 14.0 Å². The van der Waals surface area contributed by atoms with Crippen LogP contribution >= 0.6 is 11.6 Å². The fourth-order valence-electron chi connectivity index (χ4n) is 2.19. The second kappa shape index (κ2) is 9.20. The van der Waals surface area contributed by atoms with E-state index in [1.54, 1.807) is 7.05 Å². The summed E-state index contributed by atoms with van der Waals surface area (Å²) in [6, 6.07) is 10.7. The molecule has 0 aliphatic rings. The van der Waals surface area contributed by atoms with Gasteiger partial charge in [0.1, 0.15) is 11.6 Å². The monoisotopic (exact) mass is 379 g/mol. The number of rotatable bonds is 7. The van der Waals surface area contributed by atoms with Gasteiger partial charge in [0.15, 0.2) is 6.61 Å². The molecule has 26 heavy (non-hydrogen) atoms. The highest BCUT2D eigenvalue weighted by Crippen LogP contribution is 2.18. The molecule has 0 atom stereocenters. The maximum atomic E-state index is 13.0. The van der Waals surface area contributed by atoms with Crippen molar-refractivity contribution in [2.24, 2.45) is 0 Å². The van der Waals surface area contributed by atoms with Crippen molar-refractivity contribution >= 4 is 23.5 Å². The van der Waals surface area contributed by atoms with Crippen molar-refractivity contribution in [3.05, 3.63) is 64.4 Å². The molecule has 138 valence electrons. The molecule has 0 unspecified atom stereocenters. The van der Waals surface area contributed by atoms with E-state index in [1.807, 2.05) is 31.2 Å². The number of benzene rings is 2. The van der Waals surface area contributed by atoms with Crippen molar-refractivity contribution in [3.63, 3.8) is 0 Å². The van der Waals surface area contributed by atoms with Crippen molar-refractivity contribution in [1.29, 1.82) is 0 Å². The Kier molecular flexibility index (Phi) is 6.97. The summed E-state index contributed by atoms with van der Waals surface area (Å²) in [5, 5.41) is -0.0646. The topological polar surface area (TPSA) is 55.8 Å². The lowest BCUT2D eigenvalue weighted by atomic mass is 10.2. The van der Waals surface area contributed by atoms with Gasteiger partial charge < -0.3 is 14.4 Å². The summed E-state index contributed by atoms with van der Waals surface area (Å²) in [5.41, 5.74) is 0.923. The van der Waals surface area contributed by atoms with Gasteiger partial charge in [-0.15, -0.1) is 0 Å². The van der Waals surface area contributed by atoms with Crippen LogP contribution in [0.1, 0.15) is 22.8 Å². The van der Waals surface area contributed by atoms with Gasteiger partial charge in [0.05, 0.1) is 17.2 Å². The number of carbonyl (C=O) groups is 2. The van der Waals surface area contributed by atoms with Gasteiger partial charge in [-0.2, -0.15) is 0 Å². The molecular formula is C19H19ClFNO4. The average Bonchev–Trinajstić information content (AvgIpc) is 2.61. The van der Waals surface area contributed by atoms with E-state index in [0.29, 0.717) is 13.2 Å². The van der Waals surface area contributed by atoms with Gasteiger partial charge >= 0.3 is 5.97 Å². The molecule has 2 rings (SSSR count). The van der Waals surface area contributed by atoms with Gasteiger partial charge in [-0.05, 0) is 42.8 Å². The van der Waals surface area contributed by atoms with Gasteiger partial charge in [0.2, 0.25) is 0 Å². The van der Waals surface area contributed by atoms with Crippen molar-refractivity contribution < 1.29 is 23.5 Å². The van der Waals surface area contributed by atoms with Crippen LogP contribution in [0.15, 0.2) is 42.5 Å². The fourth-order valence-corrected chi connectivity index (χ4v) is 2.43. The molecule has 1 amide bonds. The van der Waals surface area contributed by atoms with E-state index >= 15 is 0 Å². The molecule has 0 bridgehead atoms. The summed E-state index contributed by atoms with van der Waals surface area (Å²) in [6.07, 6.45) is 0. The number of hydrogen-bond acceptors (Lipinski definition) is 4. The van der Waals surface area contributed by atoms with Crippen molar-refractivity contribution in [3.8, 4) is 5.75 Å². The van der Waals surface area contributed by atoms with Crippen LogP contribution < -0.4 is 4.74 Å². The van der Waals surface area contributed by atoms with Crippen molar-refractivity contribution in [1.82, 2.24) is 4.90 Å². The molecule has 0 heterocycles. The number of halogens is 2. The lowest BCUT2D eigenvalue weighted by Gasteiger charge is -2.17. The van der Waals surface area contributed by atoms with Gasteiger partial charge in [-0.25, -0.2) is 9.18 Å². The molecule has 0 aliphatic heterocycles. The molecule has 0 saturated heterocycles. The second-order valence-corrected chi connectivity index (χ2v) is 5.93. The van der Waals surface area contributed by atoms with Gasteiger partial charge in [0, 0.05) is 13.6 Å². The molecule has 0 radical (unpaired) electrons. The highest BCUT2D eigenvalue weighted by atomic mass is 35.5. The second-order valence-electron chi connectivity index (χ2n) is 5.53. The minimum Gasteiger partial charge on any atom is -0.494 e. The summed E-state index contributed by atoms with van der Waals surface area (Å²) < 4.78 is 23.3. The lowest BCUT2D eigenvalue weighted by molar-refractivity contribution is -0.133. The van der Waals surface area contributed by atoms with E-state index in [4.69, 9.17) is 21.1 Å². The van der Waals surface area contributed by atoms with Crippen molar-refractivity contribution in [2.45, 2.75) is 13.5 Å². The molecule has 7 heteroatoms. The first-order chi connectivity index (χ1) is 12.4. The van der Waals surface area contributed by atoms with Gasteiger partial charge in [-0.3, -0.25) is 4.79 Å². The smallest absolute Gasteiger partial charge is 0.340 e. The van der Waals surface area contributed by atoms with Gasteiger partial charge in [-0.1, -0.05) is 23.7 Å². The summed E-state index contributed by atoms with van der Waals surface area (Å²) in [5.74, 6) is -0.948. The quantitative estimate of drug-likeness (QED) is 0.688. The van der Waals surface area contributed by atoms with E-state index in [-0.39, 0.29) is 16.5 Å². The highest BCUT2D eigenvalue weighted by molar-refractivity contribution is 6.33. The maximum absolute atomic E-state index is 13.0. The molecule has 5 nitrogen and oxygen atoms in total. The van der Waals surface area contributed by atoms with E-state index < -0.39 is 18.4 Å². The summed E-state index contributed by atoms with van der Waals surface area (Å²) in [6.45, 7) is 2.42. The Labute approximate surface area is 156 Å². The van der Waals surface area contributed by atoms with Crippen LogP contribution in [-0.4, -0.2) is 37.0 Å². The molecule has 0 aromatic heterocycles. The largest absolute Gasteiger partial charge is 0.494 e. The third-order valence-corrected chi connectivity index (χ3v) is 3.87. The van der Waals surface area contributed by atoms with Crippen LogP contribution in [0.5, 0.6) is 5.75 Å². The zero-order chi connectivity index (χ0) is 19.1. The van der Waals surface area contributed by atoms with Crippen LogP contribution in [0.3, 0.4) is 0 Å². The number of amides is 1. The van der Waals surface area contributed by atoms with Crippen LogP contribution in [0.25, 0.3) is 0 Å². The molecule has 0 N–H and O–H groups in total. The number of ether oxygens (including phenoxy) is 2.